The highest BCUT2D eigenvalue weighted by atomic mass is 16.6. The zero-order valence-corrected chi connectivity index (χ0v) is 50.1. The van der Waals surface area contributed by atoms with Crippen LogP contribution in [0.2, 0.25) is 0 Å². The first-order chi connectivity index (χ1) is 38.5. The molecule has 0 fully saturated rings. The molecule has 0 aromatic rings. The third-order valence-corrected chi connectivity index (χ3v) is 12.7. The summed E-state index contributed by atoms with van der Waals surface area (Å²) in [5.74, 6) is -0.943. The zero-order chi connectivity index (χ0) is 56.4. The number of hydrogen-bond donors (Lipinski definition) is 0. The lowest BCUT2D eigenvalue weighted by atomic mass is 10.1. The molecule has 0 saturated carbocycles. The topological polar surface area (TPSA) is 78.9 Å². The summed E-state index contributed by atoms with van der Waals surface area (Å²) in [6.07, 6.45) is 93.9. The van der Waals surface area contributed by atoms with Gasteiger partial charge in [-0.05, 0) is 141 Å². The fraction of sp³-hybridized carbons (Fsp3) is 0.597. The molecule has 0 aromatic heterocycles. The van der Waals surface area contributed by atoms with Crippen molar-refractivity contribution < 1.29 is 28.6 Å². The quantitative estimate of drug-likeness (QED) is 0.0261. The number of rotatable bonds is 55. The van der Waals surface area contributed by atoms with E-state index in [0.29, 0.717) is 19.3 Å². The van der Waals surface area contributed by atoms with Crippen LogP contribution in [-0.2, 0) is 28.6 Å². The van der Waals surface area contributed by atoms with Crippen LogP contribution in [0.25, 0.3) is 0 Å². The fourth-order valence-electron chi connectivity index (χ4n) is 8.10. The largest absolute Gasteiger partial charge is 0.462 e. The van der Waals surface area contributed by atoms with Crippen molar-refractivity contribution in [2.24, 2.45) is 0 Å². The Labute approximate surface area is 480 Å². The van der Waals surface area contributed by atoms with Gasteiger partial charge in [0.15, 0.2) is 6.10 Å². The minimum atomic E-state index is -0.803. The Morgan fingerprint density at radius 3 is 0.795 bits per heavy atom. The molecular formula is C72H114O6. The van der Waals surface area contributed by atoms with Gasteiger partial charge in [0, 0.05) is 19.3 Å². The molecule has 0 amide bonds. The van der Waals surface area contributed by atoms with E-state index in [1.54, 1.807) is 0 Å². The van der Waals surface area contributed by atoms with Crippen LogP contribution in [0.5, 0.6) is 0 Å². The Kier molecular flexibility index (Phi) is 60.4. The van der Waals surface area contributed by atoms with Crippen LogP contribution in [0.3, 0.4) is 0 Å². The van der Waals surface area contributed by atoms with E-state index in [2.05, 4.69) is 179 Å². The summed E-state index contributed by atoms with van der Waals surface area (Å²) >= 11 is 0. The van der Waals surface area contributed by atoms with Crippen LogP contribution in [0, 0.1) is 0 Å². The highest BCUT2D eigenvalue weighted by Crippen LogP contribution is 2.14. The molecule has 6 nitrogen and oxygen atoms in total. The SMILES string of the molecule is CC/C=C\C/C=C\C/C=C\C/C=C\C/C=C\C/C=C\C/C=C\C/C=C\CCCCCCCCC(=O)OCC(COC(=O)CCCCCCC/C=C\CCC)OC(=O)CCCCCCCC/C=C\C/C=C\C/C=C\C/C=C\CC. The van der Waals surface area contributed by atoms with Crippen molar-refractivity contribution in [1.82, 2.24) is 0 Å². The smallest absolute Gasteiger partial charge is 0.306 e. The van der Waals surface area contributed by atoms with Crippen molar-refractivity contribution >= 4 is 17.9 Å². The van der Waals surface area contributed by atoms with Gasteiger partial charge in [-0.1, -0.05) is 256 Å². The predicted octanol–water partition coefficient (Wildman–Crippen LogP) is 21.7. The van der Waals surface area contributed by atoms with Gasteiger partial charge in [-0.3, -0.25) is 14.4 Å². The Bertz CT molecular complexity index is 1760. The van der Waals surface area contributed by atoms with Crippen LogP contribution < -0.4 is 0 Å². The molecule has 1 atom stereocenters. The first kappa shape index (κ1) is 73.0. The Morgan fingerprint density at radius 2 is 0.500 bits per heavy atom. The number of allylic oxidation sites excluding steroid dienone is 26. The first-order valence-electron chi connectivity index (χ1n) is 31.5. The Balaban J connectivity index is 4.33. The standard InChI is InChI=1S/C72H114O6/c1-4-7-10-13-16-19-22-24-26-28-30-31-32-33-34-35-36-37-38-39-40-41-43-44-46-48-50-53-56-59-62-65-71(74)77-68-69(67-76-70(73)64-61-58-55-52-21-18-15-12-9-6-3)78-72(75)66-63-60-57-54-51-49-47-45-42-29-27-25-23-20-17-14-11-8-5-2/h7-8,10-12,15-17,19-20,24-27,30-31,33-34,36-37,39-40,42-45,69H,4-6,9,13-14,18,21-23,28-29,32,35,38,41,46-68H2,1-3H3/b10-7-,11-8-,15-12-,19-16-,20-17-,26-24-,27-25-,31-30-,34-33-,37-36-,40-39-,44-43-,45-42-. The van der Waals surface area contributed by atoms with Crippen molar-refractivity contribution in [3.05, 3.63) is 158 Å². The molecule has 0 aliphatic heterocycles. The lowest BCUT2D eigenvalue weighted by Crippen LogP contribution is -2.30. The van der Waals surface area contributed by atoms with E-state index in [1.807, 2.05) is 0 Å². The predicted molar refractivity (Wildman–Crippen MR) is 338 cm³/mol. The normalized spacial score (nSPS) is 13.2. The molecule has 1 unspecified atom stereocenters. The van der Waals surface area contributed by atoms with Crippen LogP contribution in [0.1, 0.15) is 258 Å². The molecule has 0 N–H and O–H groups in total. The summed E-state index contributed by atoms with van der Waals surface area (Å²) in [6.45, 7) is 6.31. The van der Waals surface area contributed by atoms with Crippen molar-refractivity contribution in [3.63, 3.8) is 0 Å². The van der Waals surface area contributed by atoms with Gasteiger partial charge in [0.2, 0.25) is 0 Å². The van der Waals surface area contributed by atoms with Gasteiger partial charge in [-0.25, -0.2) is 0 Å². The molecule has 438 valence electrons. The molecule has 0 heterocycles. The molecule has 0 spiro atoms. The summed E-state index contributed by atoms with van der Waals surface area (Å²) in [6, 6.07) is 0. The van der Waals surface area contributed by atoms with Gasteiger partial charge < -0.3 is 14.2 Å². The van der Waals surface area contributed by atoms with E-state index in [1.165, 1.54) is 38.5 Å². The molecule has 0 aromatic carbocycles. The Morgan fingerprint density at radius 1 is 0.269 bits per heavy atom. The number of carbonyl (C=O) groups excluding carboxylic acids is 3. The molecule has 0 saturated heterocycles. The van der Waals surface area contributed by atoms with Gasteiger partial charge in [0.25, 0.3) is 0 Å². The minimum Gasteiger partial charge on any atom is -0.462 e. The van der Waals surface area contributed by atoms with E-state index < -0.39 is 6.10 Å². The van der Waals surface area contributed by atoms with Crippen LogP contribution in [0.4, 0.5) is 0 Å². The highest BCUT2D eigenvalue weighted by Gasteiger charge is 2.19. The van der Waals surface area contributed by atoms with Gasteiger partial charge >= 0.3 is 17.9 Å². The molecule has 0 bridgehead atoms. The van der Waals surface area contributed by atoms with Crippen molar-refractivity contribution in [2.45, 2.75) is 264 Å². The van der Waals surface area contributed by atoms with E-state index in [4.69, 9.17) is 14.2 Å². The molecule has 6 heteroatoms. The third-order valence-electron chi connectivity index (χ3n) is 12.7. The van der Waals surface area contributed by atoms with E-state index >= 15 is 0 Å². The second kappa shape index (κ2) is 64.6. The molecule has 0 aliphatic carbocycles. The van der Waals surface area contributed by atoms with Gasteiger partial charge in [-0.15, -0.1) is 0 Å². The van der Waals surface area contributed by atoms with Crippen LogP contribution in [-0.4, -0.2) is 37.2 Å². The number of carbonyl (C=O) groups is 3. The Hall–Kier alpha value is -4.97. The molecule has 78 heavy (non-hydrogen) atoms. The maximum absolute atomic E-state index is 12.9. The maximum atomic E-state index is 12.9. The fourth-order valence-corrected chi connectivity index (χ4v) is 8.10. The number of ether oxygens (including phenoxy) is 3. The van der Waals surface area contributed by atoms with Gasteiger partial charge in [0.1, 0.15) is 13.2 Å². The van der Waals surface area contributed by atoms with Crippen LogP contribution >= 0.6 is 0 Å². The van der Waals surface area contributed by atoms with Crippen molar-refractivity contribution in [3.8, 4) is 0 Å². The van der Waals surface area contributed by atoms with E-state index in [0.717, 1.165) is 180 Å². The minimum absolute atomic E-state index is 0.0990. The summed E-state index contributed by atoms with van der Waals surface area (Å²) < 4.78 is 16.8. The molecule has 0 aliphatic rings. The lowest BCUT2D eigenvalue weighted by molar-refractivity contribution is -0.167. The summed E-state index contributed by atoms with van der Waals surface area (Å²) in [5, 5.41) is 0. The van der Waals surface area contributed by atoms with E-state index in [-0.39, 0.29) is 31.1 Å². The summed E-state index contributed by atoms with van der Waals surface area (Å²) in [5.41, 5.74) is 0. The average molecular weight is 1080 g/mol. The van der Waals surface area contributed by atoms with Gasteiger partial charge in [0.05, 0.1) is 0 Å². The monoisotopic (exact) mass is 1070 g/mol. The summed E-state index contributed by atoms with van der Waals surface area (Å²) in [7, 11) is 0. The lowest BCUT2D eigenvalue weighted by Gasteiger charge is -2.18. The number of unbranched alkanes of at least 4 members (excludes halogenated alkanes) is 18. The molecule has 0 rings (SSSR count). The average Bonchev–Trinajstić information content (AvgIpc) is 3.44. The number of hydrogen-bond acceptors (Lipinski definition) is 6. The maximum Gasteiger partial charge on any atom is 0.306 e. The first-order valence-corrected chi connectivity index (χ1v) is 31.5. The highest BCUT2D eigenvalue weighted by molar-refractivity contribution is 5.71. The molecule has 0 radical (unpaired) electrons. The van der Waals surface area contributed by atoms with Crippen LogP contribution in [0.15, 0.2) is 158 Å². The number of esters is 3. The third kappa shape index (κ3) is 61.9. The summed E-state index contributed by atoms with van der Waals surface area (Å²) in [4.78, 5) is 38.2. The van der Waals surface area contributed by atoms with Gasteiger partial charge in [-0.2, -0.15) is 0 Å². The van der Waals surface area contributed by atoms with Crippen molar-refractivity contribution in [1.29, 1.82) is 0 Å². The van der Waals surface area contributed by atoms with Crippen molar-refractivity contribution in [2.75, 3.05) is 13.2 Å². The second-order valence-corrected chi connectivity index (χ2v) is 20.2. The zero-order valence-electron chi connectivity index (χ0n) is 50.1. The van der Waals surface area contributed by atoms with E-state index in [9.17, 15) is 14.4 Å². The molecular weight excluding hydrogens is 961 g/mol. The second-order valence-electron chi connectivity index (χ2n) is 20.2.